The molecule has 0 saturated carbocycles. The highest BCUT2D eigenvalue weighted by Crippen LogP contribution is 2.18. The predicted molar refractivity (Wildman–Crippen MR) is 63.6 cm³/mol. The topological polar surface area (TPSA) is 88.2 Å². The maximum atomic E-state index is 10.8. The molecule has 0 fully saturated rings. The summed E-state index contributed by atoms with van der Waals surface area (Å²) in [4.78, 5) is 14.7. The first-order valence-electron chi connectivity index (χ1n) is 5.34. The number of carboxylic acids is 1. The number of aromatic carboxylic acids is 1. The number of aromatic nitrogens is 1. The third-order valence-corrected chi connectivity index (χ3v) is 2.47. The zero-order valence-electron chi connectivity index (χ0n) is 9.53. The van der Waals surface area contributed by atoms with Gasteiger partial charge in [-0.3, -0.25) is 0 Å². The van der Waals surface area contributed by atoms with Gasteiger partial charge in [-0.2, -0.15) is 0 Å². The van der Waals surface area contributed by atoms with Gasteiger partial charge in [-0.25, -0.2) is 9.78 Å². The SMILES string of the molecule is CCC(CC)Nc1nc(C(=O)O)ccc1N. The van der Waals surface area contributed by atoms with Crippen molar-refractivity contribution in [2.45, 2.75) is 32.7 Å². The molecule has 0 aliphatic rings. The lowest BCUT2D eigenvalue weighted by molar-refractivity contribution is 0.0690. The number of nitrogen functional groups attached to an aromatic ring is 1. The second kappa shape index (κ2) is 5.34. The molecule has 1 aromatic heterocycles. The molecule has 0 aromatic carbocycles. The third-order valence-electron chi connectivity index (χ3n) is 2.47. The molecule has 5 nitrogen and oxygen atoms in total. The fraction of sp³-hybridized carbons (Fsp3) is 0.455. The van der Waals surface area contributed by atoms with Crippen LogP contribution in [0.25, 0.3) is 0 Å². The monoisotopic (exact) mass is 223 g/mol. The Bertz CT molecular complexity index is 375. The first-order chi connectivity index (χ1) is 7.58. The van der Waals surface area contributed by atoms with Gasteiger partial charge < -0.3 is 16.2 Å². The van der Waals surface area contributed by atoms with Crippen LogP contribution in [0.4, 0.5) is 11.5 Å². The number of carboxylic acid groups (broad SMARTS) is 1. The molecule has 0 unspecified atom stereocenters. The maximum Gasteiger partial charge on any atom is 0.354 e. The number of nitrogens with one attached hydrogen (secondary N) is 1. The summed E-state index contributed by atoms with van der Waals surface area (Å²) in [6, 6.07) is 3.22. The zero-order valence-corrected chi connectivity index (χ0v) is 9.53. The Kier molecular flexibility index (Phi) is 4.10. The molecule has 0 aliphatic heterocycles. The van der Waals surface area contributed by atoms with Crippen LogP contribution in [0.15, 0.2) is 12.1 Å². The summed E-state index contributed by atoms with van der Waals surface area (Å²) in [5, 5.41) is 12.0. The Balaban J connectivity index is 2.93. The van der Waals surface area contributed by atoms with Gasteiger partial charge in [0.25, 0.3) is 0 Å². The minimum atomic E-state index is -1.05. The van der Waals surface area contributed by atoms with Crippen molar-refractivity contribution in [2.75, 3.05) is 11.1 Å². The average Bonchev–Trinajstić information content (AvgIpc) is 2.27. The lowest BCUT2D eigenvalue weighted by Gasteiger charge is -2.16. The fourth-order valence-corrected chi connectivity index (χ4v) is 1.39. The van der Waals surface area contributed by atoms with Gasteiger partial charge in [0.1, 0.15) is 5.82 Å². The molecule has 5 heteroatoms. The molecule has 16 heavy (non-hydrogen) atoms. The van der Waals surface area contributed by atoms with E-state index in [2.05, 4.69) is 24.1 Å². The summed E-state index contributed by atoms with van der Waals surface area (Å²) in [5.41, 5.74) is 6.20. The van der Waals surface area contributed by atoms with Crippen molar-refractivity contribution in [1.82, 2.24) is 4.98 Å². The number of anilines is 2. The van der Waals surface area contributed by atoms with Gasteiger partial charge in [-0.15, -0.1) is 0 Å². The quantitative estimate of drug-likeness (QED) is 0.710. The second-order valence-electron chi connectivity index (χ2n) is 3.60. The van der Waals surface area contributed by atoms with E-state index in [1.165, 1.54) is 6.07 Å². The Hall–Kier alpha value is -1.78. The van der Waals surface area contributed by atoms with E-state index in [4.69, 9.17) is 10.8 Å². The highest BCUT2D eigenvalue weighted by Gasteiger charge is 2.11. The fourth-order valence-electron chi connectivity index (χ4n) is 1.39. The van der Waals surface area contributed by atoms with Gasteiger partial charge in [0.05, 0.1) is 5.69 Å². The molecule has 1 aromatic rings. The number of nitrogens with two attached hydrogens (primary N) is 1. The molecular formula is C11H17N3O2. The predicted octanol–water partition coefficient (Wildman–Crippen LogP) is 1.96. The van der Waals surface area contributed by atoms with E-state index >= 15 is 0 Å². The Morgan fingerprint density at radius 2 is 2.12 bits per heavy atom. The van der Waals surface area contributed by atoms with Crippen LogP contribution < -0.4 is 11.1 Å². The van der Waals surface area contributed by atoms with Crippen molar-refractivity contribution in [3.63, 3.8) is 0 Å². The van der Waals surface area contributed by atoms with Crippen LogP contribution in [-0.4, -0.2) is 22.1 Å². The molecule has 88 valence electrons. The van der Waals surface area contributed by atoms with Gasteiger partial charge >= 0.3 is 5.97 Å². The number of rotatable bonds is 5. The van der Waals surface area contributed by atoms with Gasteiger partial charge in [0.2, 0.25) is 0 Å². The van der Waals surface area contributed by atoms with Gasteiger partial charge in [0.15, 0.2) is 5.69 Å². The second-order valence-corrected chi connectivity index (χ2v) is 3.60. The minimum absolute atomic E-state index is 0.00246. The average molecular weight is 223 g/mol. The summed E-state index contributed by atoms with van der Waals surface area (Å²) in [7, 11) is 0. The zero-order chi connectivity index (χ0) is 12.1. The van der Waals surface area contributed by atoms with Crippen LogP contribution in [0.3, 0.4) is 0 Å². The van der Waals surface area contributed by atoms with E-state index in [1.807, 2.05) is 0 Å². The largest absolute Gasteiger partial charge is 0.477 e. The van der Waals surface area contributed by atoms with Gasteiger partial charge in [0, 0.05) is 6.04 Å². The summed E-state index contributed by atoms with van der Waals surface area (Å²) < 4.78 is 0. The van der Waals surface area contributed by atoms with Crippen LogP contribution in [-0.2, 0) is 0 Å². The number of pyridine rings is 1. The van der Waals surface area contributed by atoms with E-state index < -0.39 is 5.97 Å². The molecule has 0 saturated heterocycles. The molecular weight excluding hydrogens is 206 g/mol. The minimum Gasteiger partial charge on any atom is -0.477 e. The lowest BCUT2D eigenvalue weighted by atomic mass is 10.1. The molecule has 0 spiro atoms. The molecule has 0 atom stereocenters. The highest BCUT2D eigenvalue weighted by atomic mass is 16.4. The van der Waals surface area contributed by atoms with Crippen molar-refractivity contribution in [1.29, 1.82) is 0 Å². The molecule has 0 amide bonds. The van der Waals surface area contributed by atoms with Crippen molar-refractivity contribution in [3.8, 4) is 0 Å². The van der Waals surface area contributed by atoms with E-state index in [1.54, 1.807) is 6.07 Å². The van der Waals surface area contributed by atoms with Crippen molar-refractivity contribution >= 4 is 17.5 Å². The van der Waals surface area contributed by atoms with Crippen LogP contribution in [0.1, 0.15) is 37.2 Å². The smallest absolute Gasteiger partial charge is 0.354 e. The van der Waals surface area contributed by atoms with Crippen molar-refractivity contribution < 1.29 is 9.90 Å². The molecule has 1 rings (SSSR count). The maximum absolute atomic E-state index is 10.8. The van der Waals surface area contributed by atoms with E-state index in [9.17, 15) is 4.79 Å². The first kappa shape index (κ1) is 12.3. The van der Waals surface area contributed by atoms with E-state index in [0.717, 1.165) is 12.8 Å². The lowest BCUT2D eigenvalue weighted by Crippen LogP contribution is -2.19. The van der Waals surface area contributed by atoms with Crippen LogP contribution in [0.2, 0.25) is 0 Å². The van der Waals surface area contributed by atoms with Crippen LogP contribution >= 0.6 is 0 Å². The molecule has 0 bridgehead atoms. The summed E-state index contributed by atoms with van der Waals surface area (Å²) in [6.45, 7) is 4.11. The summed E-state index contributed by atoms with van der Waals surface area (Å²) >= 11 is 0. The number of hydrogen-bond donors (Lipinski definition) is 3. The number of carbonyl (C=O) groups is 1. The number of hydrogen-bond acceptors (Lipinski definition) is 4. The molecule has 4 N–H and O–H groups in total. The van der Waals surface area contributed by atoms with Crippen molar-refractivity contribution in [2.24, 2.45) is 0 Å². The number of nitrogens with zero attached hydrogens (tertiary/aromatic N) is 1. The van der Waals surface area contributed by atoms with Crippen LogP contribution in [0, 0.1) is 0 Å². The molecule has 1 heterocycles. The summed E-state index contributed by atoms with van der Waals surface area (Å²) in [6.07, 6.45) is 1.88. The van der Waals surface area contributed by atoms with Crippen LogP contribution in [0.5, 0.6) is 0 Å². The molecule has 0 radical (unpaired) electrons. The Morgan fingerprint density at radius 3 is 2.62 bits per heavy atom. The van der Waals surface area contributed by atoms with Crippen molar-refractivity contribution in [3.05, 3.63) is 17.8 Å². The van der Waals surface area contributed by atoms with E-state index in [0.29, 0.717) is 11.5 Å². The highest BCUT2D eigenvalue weighted by molar-refractivity contribution is 5.86. The summed E-state index contributed by atoms with van der Waals surface area (Å²) in [5.74, 6) is -0.596. The first-order valence-corrected chi connectivity index (χ1v) is 5.34. The third kappa shape index (κ3) is 2.85. The Morgan fingerprint density at radius 1 is 1.50 bits per heavy atom. The van der Waals surface area contributed by atoms with Gasteiger partial charge in [-0.1, -0.05) is 13.8 Å². The molecule has 0 aliphatic carbocycles. The van der Waals surface area contributed by atoms with Gasteiger partial charge in [-0.05, 0) is 25.0 Å². The van der Waals surface area contributed by atoms with E-state index in [-0.39, 0.29) is 11.7 Å². The standard InChI is InChI=1S/C11H17N3O2/c1-3-7(4-2)13-10-8(12)5-6-9(14-10)11(15)16/h5-7H,3-4,12H2,1-2H3,(H,13,14)(H,15,16). The normalized spacial score (nSPS) is 10.4. The Labute approximate surface area is 94.7 Å².